The Morgan fingerprint density at radius 1 is 1.00 bits per heavy atom. The maximum absolute atomic E-state index is 12.9. The third-order valence-electron chi connectivity index (χ3n) is 5.79. The maximum Gasteiger partial charge on any atom is 0.239 e. The minimum absolute atomic E-state index is 0.0267. The monoisotopic (exact) mass is 360 g/mol. The number of carbonyl (C=O) groups is 1. The number of rotatable bonds is 5. The molecule has 1 aromatic rings. The van der Waals surface area contributed by atoms with E-state index in [4.69, 9.17) is 4.74 Å². The maximum atomic E-state index is 12.9. The zero-order valence-corrected chi connectivity index (χ0v) is 16.4. The van der Waals surface area contributed by atoms with Crippen molar-refractivity contribution >= 4 is 11.6 Å². The standard InChI is InChI=1S/C20H32N4O2/c1-4-21-9-11-24(12-10-21)20(25)17(2)22-13-15-23(16-14-22)18-5-7-19(26-3)8-6-18/h5-8,17H,4,9-16H2,1-3H3. The number of carbonyl (C=O) groups excluding carboxylic acids is 1. The minimum atomic E-state index is -0.0267. The van der Waals surface area contributed by atoms with E-state index in [0.717, 1.165) is 64.7 Å². The molecule has 0 aliphatic carbocycles. The van der Waals surface area contributed by atoms with Gasteiger partial charge in [-0.1, -0.05) is 6.92 Å². The van der Waals surface area contributed by atoms with Crippen molar-refractivity contribution < 1.29 is 9.53 Å². The first-order valence-corrected chi connectivity index (χ1v) is 9.76. The highest BCUT2D eigenvalue weighted by molar-refractivity contribution is 5.81. The van der Waals surface area contributed by atoms with Gasteiger partial charge in [0.05, 0.1) is 13.2 Å². The van der Waals surface area contributed by atoms with Gasteiger partial charge in [0.15, 0.2) is 0 Å². The third-order valence-corrected chi connectivity index (χ3v) is 5.79. The van der Waals surface area contributed by atoms with Gasteiger partial charge in [-0.05, 0) is 37.7 Å². The first-order chi connectivity index (χ1) is 12.6. The van der Waals surface area contributed by atoms with E-state index in [-0.39, 0.29) is 6.04 Å². The summed E-state index contributed by atoms with van der Waals surface area (Å²) in [6.07, 6.45) is 0. The van der Waals surface area contributed by atoms with Crippen LogP contribution in [0.4, 0.5) is 5.69 Å². The van der Waals surface area contributed by atoms with Crippen molar-refractivity contribution in [2.75, 3.05) is 70.9 Å². The average molecular weight is 361 g/mol. The van der Waals surface area contributed by atoms with Crippen molar-refractivity contribution in [1.82, 2.24) is 14.7 Å². The summed E-state index contributed by atoms with van der Waals surface area (Å²) in [6, 6.07) is 8.20. The van der Waals surface area contributed by atoms with Gasteiger partial charge in [0, 0.05) is 58.0 Å². The smallest absolute Gasteiger partial charge is 0.239 e. The van der Waals surface area contributed by atoms with E-state index < -0.39 is 0 Å². The van der Waals surface area contributed by atoms with E-state index in [0.29, 0.717) is 5.91 Å². The molecule has 6 nitrogen and oxygen atoms in total. The van der Waals surface area contributed by atoms with Crippen LogP contribution in [0.15, 0.2) is 24.3 Å². The number of hydrogen-bond donors (Lipinski definition) is 0. The van der Waals surface area contributed by atoms with Crippen LogP contribution < -0.4 is 9.64 Å². The summed E-state index contributed by atoms with van der Waals surface area (Å²) < 4.78 is 5.23. The Morgan fingerprint density at radius 2 is 1.62 bits per heavy atom. The van der Waals surface area contributed by atoms with Crippen LogP contribution in [0.5, 0.6) is 5.75 Å². The van der Waals surface area contributed by atoms with Gasteiger partial charge in [0.25, 0.3) is 0 Å². The summed E-state index contributed by atoms with van der Waals surface area (Å²) >= 11 is 0. The second-order valence-electron chi connectivity index (χ2n) is 7.16. The number of piperazine rings is 2. The minimum Gasteiger partial charge on any atom is -0.497 e. The summed E-state index contributed by atoms with van der Waals surface area (Å²) in [4.78, 5) is 22.0. The Labute approximate surface area is 157 Å². The number of ether oxygens (including phenoxy) is 1. The van der Waals surface area contributed by atoms with Crippen molar-refractivity contribution in [3.05, 3.63) is 24.3 Å². The Hall–Kier alpha value is -1.79. The molecule has 26 heavy (non-hydrogen) atoms. The van der Waals surface area contributed by atoms with Crippen LogP contribution in [0.3, 0.4) is 0 Å². The molecule has 1 unspecified atom stereocenters. The highest BCUT2D eigenvalue weighted by Crippen LogP contribution is 2.21. The lowest BCUT2D eigenvalue weighted by atomic mass is 10.1. The van der Waals surface area contributed by atoms with Gasteiger partial charge in [-0.3, -0.25) is 9.69 Å². The lowest BCUT2D eigenvalue weighted by Crippen LogP contribution is -2.57. The first kappa shape index (κ1) is 19.0. The number of anilines is 1. The molecule has 0 aromatic heterocycles. The topological polar surface area (TPSA) is 39.3 Å². The Kier molecular flexibility index (Phi) is 6.38. The molecule has 2 aliphatic rings. The Bertz CT molecular complexity index is 576. The number of methoxy groups -OCH3 is 1. The molecule has 0 bridgehead atoms. The highest BCUT2D eigenvalue weighted by atomic mass is 16.5. The quantitative estimate of drug-likeness (QED) is 0.793. The van der Waals surface area contributed by atoms with E-state index in [2.05, 4.69) is 40.7 Å². The van der Waals surface area contributed by atoms with Crippen molar-refractivity contribution in [3.8, 4) is 5.75 Å². The van der Waals surface area contributed by atoms with Crippen LogP contribution in [0.25, 0.3) is 0 Å². The molecule has 2 aliphatic heterocycles. The fourth-order valence-electron chi connectivity index (χ4n) is 3.87. The van der Waals surface area contributed by atoms with Gasteiger partial charge in [0.1, 0.15) is 5.75 Å². The zero-order valence-electron chi connectivity index (χ0n) is 16.4. The summed E-state index contributed by atoms with van der Waals surface area (Å²) in [5, 5.41) is 0. The predicted octanol–water partition coefficient (Wildman–Crippen LogP) is 1.37. The Morgan fingerprint density at radius 3 is 2.15 bits per heavy atom. The lowest BCUT2D eigenvalue weighted by Gasteiger charge is -2.41. The van der Waals surface area contributed by atoms with Crippen molar-refractivity contribution in [3.63, 3.8) is 0 Å². The van der Waals surface area contributed by atoms with E-state index in [1.807, 2.05) is 17.0 Å². The molecule has 2 fully saturated rings. The fourth-order valence-corrected chi connectivity index (χ4v) is 3.87. The number of hydrogen-bond acceptors (Lipinski definition) is 5. The van der Waals surface area contributed by atoms with Crippen molar-refractivity contribution in [1.29, 1.82) is 0 Å². The molecule has 144 valence electrons. The molecule has 0 saturated carbocycles. The first-order valence-electron chi connectivity index (χ1n) is 9.76. The molecule has 2 saturated heterocycles. The largest absolute Gasteiger partial charge is 0.497 e. The highest BCUT2D eigenvalue weighted by Gasteiger charge is 2.30. The molecule has 0 N–H and O–H groups in total. The van der Waals surface area contributed by atoms with Gasteiger partial charge in [0.2, 0.25) is 5.91 Å². The molecular formula is C20H32N4O2. The summed E-state index contributed by atoms with van der Waals surface area (Å²) in [6.45, 7) is 12.8. The molecular weight excluding hydrogens is 328 g/mol. The van der Waals surface area contributed by atoms with Crippen LogP contribution in [-0.4, -0.2) is 92.7 Å². The molecule has 3 rings (SSSR count). The molecule has 0 spiro atoms. The second-order valence-corrected chi connectivity index (χ2v) is 7.16. The average Bonchev–Trinajstić information content (AvgIpc) is 2.73. The van der Waals surface area contributed by atoms with Crippen molar-refractivity contribution in [2.45, 2.75) is 19.9 Å². The summed E-state index contributed by atoms with van der Waals surface area (Å²) in [5.74, 6) is 1.17. The zero-order chi connectivity index (χ0) is 18.5. The molecule has 1 aromatic carbocycles. The predicted molar refractivity (Wildman–Crippen MR) is 105 cm³/mol. The van der Waals surface area contributed by atoms with Crippen molar-refractivity contribution in [2.24, 2.45) is 0 Å². The number of nitrogens with zero attached hydrogens (tertiary/aromatic N) is 4. The van der Waals surface area contributed by atoms with Gasteiger partial charge in [-0.25, -0.2) is 0 Å². The van der Waals surface area contributed by atoms with Crippen LogP contribution in [0, 0.1) is 0 Å². The fraction of sp³-hybridized carbons (Fsp3) is 0.650. The van der Waals surface area contributed by atoms with Crippen LogP contribution >= 0.6 is 0 Å². The normalized spacial score (nSPS) is 20.9. The van der Waals surface area contributed by atoms with Crippen LogP contribution in [0.1, 0.15) is 13.8 Å². The van der Waals surface area contributed by atoms with Crippen LogP contribution in [-0.2, 0) is 4.79 Å². The van der Waals surface area contributed by atoms with E-state index in [1.165, 1.54) is 5.69 Å². The van der Waals surface area contributed by atoms with Gasteiger partial charge in [-0.2, -0.15) is 0 Å². The van der Waals surface area contributed by atoms with Gasteiger partial charge < -0.3 is 19.4 Å². The molecule has 1 amide bonds. The SMILES string of the molecule is CCN1CCN(C(=O)C(C)N2CCN(c3ccc(OC)cc3)CC2)CC1. The van der Waals surface area contributed by atoms with Gasteiger partial charge >= 0.3 is 0 Å². The van der Waals surface area contributed by atoms with E-state index in [1.54, 1.807) is 7.11 Å². The molecule has 6 heteroatoms. The van der Waals surface area contributed by atoms with Gasteiger partial charge in [-0.15, -0.1) is 0 Å². The van der Waals surface area contributed by atoms with E-state index >= 15 is 0 Å². The second kappa shape index (κ2) is 8.73. The number of benzene rings is 1. The third kappa shape index (κ3) is 4.30. The number of likely N-dealkylation sites (N-methyl/N-ethyl adjacent to an activating group) is 1. The van der Waals surface area contributed by atoms with Crippen LogP contribution in [0.2, 0.25) is 0 Å². The summed E-state index contributed by atoms with van der Waals surface area (Å²) in [7, 11) is 1.69. The molecule has 0 radical (unpaired) electrons. The Balaban J connectivity index is 1.49. The number of amides is 1. The van der Waals surface area contributed by atoms with E-state index in [9.17, 15) is 4.79 Å². The summed E-state index contributed by atoms with van der Waals surface area (Å²) in [5.41, 5.74) is 1.22. The lowest BCUT2D eigenvalue weighted by molar-refractivity contribution is -0.138. The molecule has 2 heterocycles. The molecule has 1 atom stereocenters.